The van der Waals surface area contributed by atoms with Crippen molar-refractivity contribution in [3.8, 4) is 0 Å². The van der Waals surface area contributed by atoms with Gasteiger partial charge in [0.1, 0.15) is 4.90 Å². The predicted molar refractivity (Wildman–Crippen MR) is 80.8 cm³/mol. The second kappa shape index (κ2) is 6.66. The molecule has 0 bridgehead atoms. The third kappa shape index (κ3) is 3.70. The van der Waals surface area contributed by atoms with Crippen molar-refractivity contribution in [2.24, 2.45) is 0 Å². The molecule has 0 spiro atoms. The van der Waals surface area contributed by atoms with Crippen molar-refractivity contribution >= 4 is 16.0 Å². The summed E-state index contributed by atoms with van der Waals surface area (Å²) in [4.78, 5) is 5.72. The van der Waals surface area contributed by atoms with Crippen LogP contribution in [-0.2, 0) is 29.0 Å². The Labute approximate surface area is 149 Å². The number of nitrogens with zero attached hydrogens (tertiary/aromatic N) is 2. The van der Waals surface area contributed by atoms with Crippen molar-refractivity contribution < 1.29 is 34.8 Å². The van der Waals surface area contributed by atoms with Crippen molar-refractivity contribution in [1.29, 1.82) is 0 Å². The van der Waals surface area contributed by atoms with Crippen LogP contribution in [0.2, 0.25) is 0 Å². The molecule has 27 heavy (non-hydrogen) atoms. The van der Waals surface area contributed by atoms with Gasteiger partial charge in [-0.15, -0.1) is 0 Å². The van der Waals surface area contributed by atoms with Crippen molar-refractivity contribution in [3.05, 3.63) is 46.5 Å². The maximum atomic E-state index is 13.7. The monoisotopic (exact) mass is 411 g/mol. The smallest absolute Gasteiger partial charge is 0.247 e. The molecule has 5 nitrogen and oxygen atoms in total. The van der Waals surface area contributed by atoms with Crippen molar-refractivity contribution in [2.45, 2.75) is 36.8 Å². The zero-order chi connectivity index (χ0) is 20.0. The minimum atomic E-state index is -4.90. The number of benzene rings is 1. The van der Waals surface area contributed by atoms with Crippen LogP contribution in [-0.4, -0.2) is 18.4 Å². The van der Waals surface area contributed by atoms with Crippen molar-refractivity contribution in [3.63, 3.8) is 0 Å². The molecule has 1 aliphatic carbocycles. The Morgan fingerprint density at radius 3 is 2.30 bits per heavy atom. The Kier molecular flexibility index (Phi) is 4.78. The van der Waals surface area contributed by atoms with Gasteiger partial charge in [0, 0.05) is 11.3 Å². The maximum absolute atomic E-state index is 13.7. The first-order chi connectivity index (χ1) is 12.5. The van der Waals surface area contributed by atoms with E-state index in [0.29, 0.717) is 25.0 Å². The van der Waals surface area contributed by atoms with E-state index < -0.39 is 50.2 Å². The lowest BCUT2D eigenvalue weighted by Crippen LogP contribution is -2.23. The molecule has 12 heteroatoms. The number of anilines is 1. The summed E-state index contributed by atoms with van der Waals surface area (Å²) in [6.07, 6.45) is -3.50. The minimum absolute atomic E-state index is 0.0343. The third-order valence-electron chi connectivity index (χ3n) is 3.97. The zero-order valence-electron chi connectivity index (χ0n) is 13.4. The predicted octanol–water partition coefficient (Wildman–Crippen LogP) is 3.59. The number of hydrogen-bond acceptors (Lipinski definition) is 4. The zero-order valence-corrected chi connectivity index (χ0v) is 14.2. The molecule has 0 unspecified atom stereocenters. The summed E-state index contributed by atoms with van der Waals surface area (Å²) in [5, 5.41) is 0. The van der Waals surface area contributed by atoms with Crippen LogP contribution in [0, 0.1) is 17.5 Å². The van der Waals surface area contributed by atoms with Crippen molar-refractivity contribution in [2.75, 3.05) is 4.72 Å². The molecule has 1 aromatic carbocycles. The van der Waals surface area contributed by atoms with Gasteiger partial charge in [0.25, 0.3) is 10.0 Å². The standard InChI is InChI=1S/C15H11F6N3O2S/c16-8-5-6-10(12(18)11(8)17)27(25,26)24-14-22-9-4-2-1-3-7(9)13(23-14)15(19,20)21/h5-6H,1-4H2,(H,22,23,24). The van der Waals surface area contributed by atoms with E-state index in [1.54, 1.807) is 4.72 Å². The van der Waals surface area contributed by atoms with Gasteiger partial charge in [0.05, 0.1) is 0 Å². The van der Waals surface area contributed by atoms with Gasteiger partial charge in [-0.3, -0.25) is 0 Å². The number of aromatic nitrogens is 2. The summed E-state index contributed by atoms with van der Waals surface area (Å²) in [5.41, 5.74) is -1.36. The molecule has 0 saturated carbocycles. The average Bonchev–Trinajstić information content (AvgIpc) is 2.57. The number of sulfonamides is 1. The molecule has 1 aliphatic rings. The van der Waals surface area contributed by atoms with Crippen LogP contribution in [0.4, 0.5) is 32.3 Å². The molecule has 0 atom stereocenters. The molecule has 1 heterocycles. The summed E-state index contributed by atoms with van der Waals surface area (Å²) < 4.78 is 106. The van der Waals surface area contributed by atoms with E-state index in [0.717, 1.165) is 0 Å². The molecular formula is C15H11F6N3O2S. The van der Waals surface area contributed by atoms with Gasteiger partial charge in [0.2, 0.25) is 5.95 Å². The van der Waals surface area contributed by atoms with Gasteiger partial charge >= 0.3 is 6.18 Å². The Morgan fingerprint density at radius 1 is 0.963 bits per heavy atom. The first kappa shape index (κ1) is 19.4. The summed E-state index contributed by atoms with van der Waals surface area (Å²) in [5.74, 6) is -6.57. The van der Waals surface area contributed by atoms with Gasteiger partial charge in [0.15, 0.2) is 23.1 Å². The van der Waals surface area contributed by atoms with Crippen LogP contribution < -0.4 is 4.72 Å². The number of nitrogens with one attached hydrogen (secondary N) is 1. The fourth-order valence-corrected chi connectivity index (χ4v) is 3.78. The fourth-order valence-electron chi connectivity index (χ4n) is 2.77. The summed E-state index contributed by atoms with van der Waals surface area (Å²) in [6, 6.07) is 0.820. The highest BCUT2D eigenvalue weighted by Gasteiger charge is 2.38. The third-order valence-corrected chi connectivity index (χ3v) is 5.31. The summed E-state index contributed by atoms with van der Waals surface area (Å²) in [6.45, 7) is 0. The SMILES string of the molecule is O=S(=O)(Nc1nc2c(c(C(F)(F)F)n1)CCCC2)c1ccc(F)c(F)c1F. The molecular weight excluding hydrogens is 400 g/mol. The molecule has 0 aliphatic heterocycles. The molecule has 0 amide bonds. The Balaban J connectivity index is 2.06. The summed E-state index contributed by atoms with van der Waals surface area (Å²) in [7, 11) is -4.90. The molecule has 146 valence electrons. The minimum Gasteiger partial charge on any atom is -0.247 e. The molecule has 1 N–H and O–H groups in total. The maximum Gasteiger partial charge on any atom is 0.433 e. The Bertz CT molecular complexity index is 1010. The molecule has 0 saturated heterocycles. The van der Waals surface area contributed by atoms with Crippen LogP contribution in [0.1, 0.15) is 29.8 Å². The highest BCUT2D eigenvalue weighted by atomic mass is 32.2. The highest BCUT2D eigenvalue weighted by Crippen LogP contribution is 2.35. The molecule has 0 fully saturated rings. The number of halogens is 6. The first-order valence-corrected chi connectivity index (χ1v) is 9.12. The van der Waals surface area contributed by atoms with Crippen LogP contribution in [0.5, 0.6) is 0 Å². The second-order valence-corrected chi connectivity index (χ2v) is 7.46. The number of aryl methyl sites for hydroxylation is 1. The van der Waals surface area contributed by atoms with Gasteiger partial charge in [-0.2, -0.15) is 13.2 Å². The Hall–Kier alpha value is -2.37. The normalized spacial score (nSPS) is 14.7. The van der Waals surface area contributed by atoms with E-state index in [4.69, 9.17) is 0 Å². The van der Waals surface area contributed by atoms with E-state index >= 15 is 0 Å². The molecule has 3 rings (SSSR count). The van der Waals surface area contributed by atoms with Crippen LogP contribution in [0.3, 0.4) is 0 Å². The Morgan fingerprint density at radius 2 is 1.63 bits per heavy atom. The first-order valence-electron chi connectivity index (χ1n) is 7.64. The number of alkyl halides is 3. The number of hydrogen-bond donors (Lipinski definition) is 1. The van der Waals surface area contributed by atoms with E-state index in [9.17, 15) is 34.8 Å². The van der Waals surface area contributed by atoms with Crippen LogP contribution in [0.15, 0.2) is 17.0 Å². The van der Waals surface area contributed by atoms with Gasteiger partial charge in [-0.25, -0.2) is 36.3 Å². The quantitative estimate of drug-likeness (QED) is 0.619. The fraction of sp³-hybridized carbons (Fsp3) is 0.333. The molecule has 1 aromatic heterocycles. The largest absolute Gasteiger partial charge is 0.433 e. The molecule has 0 radical (unpaired) electrons. The van der Waals surface area contributed by atoms with Crippen molar-refractivity contribution in [1.82, 2.24) is 9.97 Å². The van der Waals surface area contributed by atoms with Crippen LogP contribution >= 0.6 is 0 Å². The lowest BCUT2D eigenvalue weighted by atomic mass is 9.94. The lowest BCUT2D eigenvalue weighted by molar-refractivity contribution is -0.142. The van der Waals surface area contributed by atoms with Gasteiger partial charge in [-0.05, 0) is 37.8 Å². The number of fused-ring (bicyclic) bond motifs is 1. The van der Waals surface area contributed by atoms with Gasteiger partial charge in [-0.1, -0.05) is 0 Å². The van der Waals surface area contributed by atoms with E-state index in [2.05, 4.69) is 9.97 Å². The van der Waals surface area contributed by atoms with E-state index in [1.165, 1.54) is 0 Å². The van der Waals surface area contributed by atoms with Crippen LogP contribution in [0.25, 0.3) is 0 Å². The summed E-state index contributed by atoms with van der Waals surface area (Å²) >= 11 is 0. The van der Waals surface area contributed by atoms with E-state index in [-0.39, 0.29) is 24.1 Å². The highest BCUT2D eigenvalue weighted by molar-refractivity contribution is 7.92. The average molecular weight is 411 g/mol. The molecule has 2 aromatic rings. The lowest BCUT2D eigenvalue weighted by Gasteiger charge is -2.20. The van der Waals surface area contributed by atoms with Gasteiger partial charge < -0.3 is 0 Å². The second-order valence-electron chi connectivity index (χ2n) is 5.80. The van der Waals surface area contributed by atoms with E-state index in [1.807, 2.05) is 0 Å². The topological polar surface area (TPSA) is 72.0 Å². The number of rotatable bonds is 3.